The number of rotatable bonds is 1. The maximum Gasteiger partial charge on any atom is 0.344 e. The SMILES string of the molecule is CN1c2cccc(Cl)c2C(=O)O[C@]1(C)c1ccccc1. The monoisotopic (exact) mass is 287 g/mol. The zero-order valence-electron chi connectivity index (χ0n) is 11.3. The molecule has 0 spiro atoms. The van der Waals surface area contributed by atoms with E-state index in [9.17, 15) is 4.79 Å². The Morgan fingerprint density at radius 3 is 2.50 bits per heavy atom. The van der Waals surface area contributed by atoms with Gasteiger partial charge in [0.2, 0.25) is 5.72 Å². The van der Waals surface area contributed by atoms with Crippen molar-refractivity contribution >= 4 is 23.3 Å². The third kappa shape index (κ3) is 1.78. The molecule has 1 atom stereocenters. The van der Waals surface area contributed by atoms with E-state index in [4.69, 9.17) is 16.3 Å². The average Bonchev–Trinajstić information content (AvgIpc) is 2.45. The summed E-state index contributed by atoms with van der Waals surface area (Å²) in [5.74, 6) is -0.393. The largest absolute Gasteiger partial charge is 0.431 e. The van der Waals surface area contributed by atoms with E-state index in [1.165, 1.54) is 0 Å². The lowest BCUT2D eigenvalue weighted by atomic mass is 9.98. The van der Waals surface area contributed by atoms with Gasteiger partial charge in [0.25, 0.3) is 0 Å². The second-order valence-corrected chi connectivity index (χ2v) is 5.34. The Labute approximate surface area is 122 Å². The fourth-order valence-electron chi connectivity index (χ4n) is 2.52. The van der Waals surface area contributed by atoms with Gasteiger partial charge in [0.05, 0.1) is 10.7 Å². The molecule has 1 aliphatic heterocycles. The van der Waals surface area contributed by atoms with Crippen LogP contribution in [0.5, 0.6) is 0 Å². The fraction of sp³-hybridized carbons (Fsp3) is 0.188. The van der Waals surface area contributed by atoms with E-state index in [1.54, 1.807) is 6.07 Å². The molecule has 20 heavy (non-hydrogen) atoms. The number of nitrogens with zero attached hydrogens (tertiary/aromatic N) is 1. The second-order valence-electron chi connectivity index (χ2n) is 4.93. The van der Waals surface area contributed by atoms with E-state index in [0.717, 1.165) is 11.3 Å². The Morgan fingerprint density at radius 2 is 1.80 bits per heavy atom. The molecule has 0 bridgehead atoms. The summed E-state index contributed by atoms with van der Waals surface area (Å²) in [5, 5.41) is 0.412. The van der Waals surface area contributed by atoms with E-state index < -0.39 is 11.7 Å². The number of carbonyl (C=O) groups excluding carboxylic acids is 1. The second kappa shape index (κ2) is 4.53. The van der Waals surface area contributed by atoms with Crippen LogP contribution in [-0.2, 0) is 10.5 Å². The molecule has 1 heterocycles. The van der Waals surface area contributed by atoms with Crippen LogP contribution < -0.4 is 4.90 Å². The van der Waals surface area contributed by atoms with Gasteiger partial charge >= 0.3 is 5.97 Å². The normalized spacial score (nSPS) is 21.4. The van der Waals surface area contributed by atoms with Crippen LogP contribution in [0.3, 0.4) is 0 Å². The van der Waals surface area contributed by atoms with Gasteiger partial charge in [-0.15, -0.1) is 0 Å². The van der Waals surface area contributed by atoms with E-state index in [1.807, 2.05) is 61.3 Å². The van der Waals surface area contributed by atoms with Crippen molar-refractivity contribution in [2.75, 3.05) is 11.9 Å². The van der Waals surface area contributed by atoms with Crippen molar-refractivity contribution in [2.45, 2.75) is 12.6 Å². The number of fused-ring (bicyclic) bond motifs is 1. The molecule has 4 heteroatoms. The first-order chi connectivity index (χ1) is 9.54. The highest BCUT2D eigenvalue weighted by atomic mass is 35.5. The first kappa shape index (κ1) is 13.0. The van der Waals surface area contributed by atoms with Crippen LogP contribution in [0.15, 0.2) is 48.5 Å². The minimum Gasteiger partial charge on any atom is -0.431 e. The van der Waals surface area contributed by atoms with Crippen molar-refractivity contribution in [3.05, 3.63) is 64.7 Å². The molecular weight excluding hydrogens is 274 g/mol. The van der Waals surface area contributed by atoms with Crippen molar-refractivity contribution in [3.63, 3.8) is 0 Å². The Morgan fingerprint density at radius 1 is 1.10 bits per heavy atom. The van der Waals surface area contributed by atoms with E-state index in [2.05, 4.69) is 0 Å². The summed E-state index contributed by atoms with van der Waals surface area (Å²) >= 11 is 6.11. The smallest absolute Gasteiger partial charge is 0.344 e. The van der Waals surface area contributed by atoms with Crippen LogP contribution >= 0.6 is 11.6 Å². The standard InChI is InChI=1S/C16H14ClNO2/c1-16(11-7-4-3-5-8-11)18(2)13-10-6-9-12(17)14(13)15(19)20-16/h3-10H,1-2H3/t16-/m1/s1. The fourth-order valence-corrected chi connectivity index (χ4v) is 2.77. The number of halogens is 1. The number of cyclic esters (lactones) is 1. The van der Waals surface area contributed by atoms with Gasteiger partial charge in [-0.3, -0.25) is 0 Å². The van der Waals surface area contributed by atoms with E-state index in [0.29, 0.717) is 10.6 Å². The number of anilines is 1. The molecule has 2 aromatic rings. The zero-order valence-corrected chi connectivity index (χ0v) is 12.0. The lowest BCUT2D eigenvalue weighted by molar-refractivity contribution is -0.0165. The van der Waals surface area contributed by atoms with Crippen LogP contribution in [0.4, 0.5) is 5.69 Å². The summed E-state index contributed by atoms with van der Waals surface area (Å²) in [5.41, 5.74) is 1.28. The highest BCUT2D eigenvalue weighted by molar-refractivity contribution is 6.34. The molecule has 0 aromatic heterocycles. The molecule has 0 radical (unpaired) electrons. The van der Waals surface area contributed by atoms with Gasteiger partial charge in [0.1, 0.15) is 5.56 Å². The molecule has 2 aromatic carbocycles. The van der Waals surface area contributed by atoms with Crippen molar-refractivity contribution < 1.29 is 9.53 Å². The molecule has 0 amide bonds. The van der Waals surface area contributed by atoms with Crippen molar-refractivity contribution in [3.8, 4) is 0 Å². The van der Waals surface area contributed by atoms with Gasteiger partial charge in [-0.2, -0.15) is 0 Å². The third-order valence-corrected chi connectivity index (χ3v) is 4.11. The van der Waals surface area contributed by atoms with Crippen molar-refractivity contribution in [1.29, 1.82) is 0 Å². The van der Waals surface area contributed by atoms with Crippen LogP contribution in [0.1, 0.15) is 22.8 Å². The van der Waals surface area contributed by atoms with Crippen LogP contribution in [0, 0.1) is 0 Å². The van der Waals surface area contributed by atoms with Crippen molar-refractivity contribution in [1.82, 2.24) is 0 Å². The van der Waals surface area contributed by atoms with Gasteiger partial charge < -0.3 is 9.64 Å². The molecule has 0 saturated heterocycles. The number of benzene rings is 2. The minimum absolute atomic E-state index is 0.393. The maximum atomic E-state index is 12.3. The van der Waals surface area contributed by atoms with Gasteiger partial charge in [0.15, 0.2) is 0 Å². The van der Waals surface area contributed by atoms with Gasteiger partial charge in [-0.25, -0.2) is 4.79 Å². The number of ether oxygens (including phenoxy) is 1. The van der Waals surface area contributed by atoms with Crippen molar-refractivity contribution in [2.24, 2.45) is 0 Å². The lowest BCUT2D eigenvalue weighted by Crippen LogP contribution is -2.49. The number of carbonyl (C=O) groups is 1. The molecule has 3 nitrogen and oxygen atoms in total. The summed E-state index contributed by atoms with van der Waals surface area (Å²) in [6.07, 6.45) is 0. The summed E-state index contributed by atoms with van der Waals surface area (Å²) < 4.78 is 5.68. The summed E-state index contributed by atoms with van der Waals surface area (Å²) in [6.45, 7) is 1.88. The van der Waals surface area contributed by atoms with Crippen LogP contribution in [-0.4, -0.2) is 13.0 Å². The first-order valence-corrected chi connectivity index (χ1v) is 6.73. The first-order valence-electron chi connectivity index (χ1n) is 6.35. The molecular formula is C16H14ClNO2. The molecule has 0 saturated carbocycles. The number of esters is 1. The zero-order chi connectivity index (χ0) is 14.3. The molecule has 0 aliphatic carbocycles. The third-order valence-electron chi connectivity index (χ3n) is 3.80. The quantitative estimate of drug-likeness (QED) is 0.747. The van der Waals surface area contributed by atoms with Gasteiger partial charge in [-0.05, 0) is 19.1 Å². The Hall–Kier alpha value is -2.00. The topological polar surface area (TPSA) is 29.5 Å². The maximum absolute atomic E-state index is 12.3. The van der Waals surface area contributed by atoms with Crippen LogP contribution in [0.25, 0.3) is 0 Å². The van der Waals surface area contributed by atoms with Gasteiger partial charge in [0, 0.05) is 12.6 Å². The molecule has 102 valence electrons. The van der Waals surface area contributed by atoms with Gasteiger partial charge in [-0.1, -0.05) is 48.0 Å². The Kier molecular flexibility index (Phi) is 2.94. The molecule has 0 fully saturated rings. The molecule has 0 N–H and O–H groups in total. The molecule has 3 rings (SSSR count). The van der Waals surface area contributed by atoms with E-state index in [-0.39, 0.29) is 0 Å². The predicted molar refractivity (Wildman–Crippen MR) is 79.1 cm³/mol. The molecule has 0 unspecified atom stereocenters. The lowest BCUT2D eigenvalue weighted by Gasteiger charge is -2.44. The Bertz CT molecular complexity index is 671. The van der Waals surface area contributed by atoms with E-state index >= 15 is 0 Å². The highest BCUT2D eigenvalue weighted by Crippen LogP contribution is 2.42. The number of hydrogen-bond donors (Lipinski definition) is 0. The predicted octanol–water partition coefficient (Wildman–Crippen LogP) is 3.82. The highest BCUT2D eigenvalue weighted by Gasteiger charge is 2.42. The minimum atomic E-state index is -0.837. The number of hydrogen-bond acceptors (Lipinski definition) is 3. The summed E-state index contributed by atoms with van der Waals surface area (Å²) in [7, 11) is 1.90. The summed E-state index contributed by atoms with van der Waals surface area (Å²) in [6, 6.07) is 15.1. The molecule has 1 aliphatic rings. The summed E-state index contributed by atoms with van der Waals surface area (Å²) in [4.78, 5) is 14.2. The Balaban J connectivity index is 2.17. The van der Waals surface area contributed by atoms with Crippen LogP contribution in [0.2, 0.25) is 5.02 Å². The average molecular weight is 288 g/mol.